The van der Waals surface area contributed by atoms with Gasteiger partial charge in [-0.15, -0.1) is 0 Å². The van der Waals surface area contributed by atoms with Gasteiger partial charge in [0.25, 0.3) is 0 Å². The third kappa shape index (κ3) is 3.22. The average Bonchev–Trinajstić information content (AvgIpc) is 2.44. The predicted molar refractivity (Wildman–Crippen MR) is 81.5 cm³/mol. The summed E-state index contributed by atoms with van der Waals surface area (Å²) in [6.45, 7) is 2.07. The van der Waals surface area contributed by atoms with Crippen molar-refractivity contribution in [2.75, 3.05) is 17.7 Å². The van der Waals surface area contributed by atoms with Crippen molar-refractivity contribution >= 4 is 34.6 Å². The number of anilines is 3. The molecule has 0 unspecified atom stereocenters. The zero-order valence-corrected chi connectivity index (χ0v) is 11.8. The standard InChI is InChI=1S/C15H15ClN2O2/c1-2-20-15(19)12-4-3-5-13(14(12)17)18-11-8-6-10(16)7-9-11/h3-9,18H,2,17H2,1H3. The van der Waals surface area contributed by atoms with E-state index in [1.165, 1.54) is 0 Å². The van der Waals surface area contributed by atoms with Crippen molar-refractivity contribution in [1.82, 2.24) is 0 Å². The summed E-state index contributed by atoms with van der Waals surface area (Å²) in [5, 5.41) is 3.80. The molecule has 0 spiro atoms. The normalized spacial score (nSPS) is 10.1. The molecule has 2 rings (SSSR count). The number of esters is 1. The number of hydrogen-bond donors (Lipinski definition) is 2. The van der Waals surface area contributed by atoms with Crippen molar-refractivity contribution < 1.29 is 9.53 Å². The van der Waals surface area contributed by atoms with Gasteiger partial charge in [0.1, 0.15) is 0 Å². The third-order valence-electron chi connectivity index (χ3n) is 2.72. The highest BCUT2D eigenvalue weighted by Gasteiger charge is 2.13. The van der Waals surface area contributed by atoms with Crippen LogP contribution in [0.1, 0.15) is 17.3 Å². The van der Waals surface area contributed by atoms with E-state index < -0.39 is 5.97 Å². The molecule has 0 amide bonds. The number of carbonyl (C=O) groups is 1. The first-order chi connectivity index (χ1) is 9.61. The van der Waals surface area contributed by atoms with Crippen LogP contribution < -0.4 is 11.1 Å². The molecule has 0 aliphatic carbocycles. The van der Waals surface area contributed by atoms with Crippen LogP contribution >= 0.6 is 11.6 Å². The van der Waals surface area contributed by atoms with Gasteiger partial charge in [-0.25, -0.2) is 4.79 Å². The highest BCUT2D eigenvalue weighted by atomic mass is 35.5. The average molecular weight is 291 g/mol. The fourth-order valence-electron chi connectivity index (χ4n) is 1.75. The molecular formula is C15H15ClN2O2. The summed E-state index contributed by atoms with van der Waals surface area (Å²) in [5.74, 6) is -0.426. The Morgan fingerprint density at radius 2 is 1.95 bits per heavy atom. The summed E-state index contributed by atoms with van der Waals surface area (Å²) in [6.07, 6.45) is 0. The van der Waals surface area contributed by atoms with E-state index in [4.69, 9.17) is 22.1 Å². The molecule has 2 aromatic carbocycles. The SMILES string of the molecule is CCOC(=O)c1cccc(Nc2ccc(Cl)cc2)c1N. The minimum absolute atomic E-state index is 0.313. The van der Waals surface area contributed by atoms with E-state index >= 15 is 0 Å². The van der Waals surface area contributed by atoms with Crippen LogP contribution in [0.4, 0.5) is 17.1 Å². The zero-order valence-electron chi connectivity index (χ0n) is 11.0. The molecule has 0 aliphatic rings. The Labute approximate surface area is 122 Å². The molecule has 3 N–H and O–H groups in total. The summed E-state index contributed by atoms with van der Waals surface area (Å²) in [7, 11) is 0. The van der Waals surface area contributed by atoms with Gasteiger partial charge in [-0.3, -0.25) is 0 Å². The number of nitrogen functional groups attached to an aromatic ring is 1. The lowest BCUT2D eigenvalue weighted by atomic mass is 10.1. The zero-order chi connectivity index (χ0) is 14.5. The molecule has 5 heteroatoms. The topological polar surface area (TPSA) is 64.3 Å². The first-order valence-corrected chi connectivity index (χ1v) is 6.58. The number of rotatable bonds is 4. The minimum Gasteiger partial charge on any atom is -0.462 e. The maximum absolute atomic E-state index is 11.8. The fraction of sp³-hybridized carbons (Fsp3) is 0.133. The van der Waals surface area contributed by atoms with Crippen LogP contribution in [0.2, 0.25) is 5.02 Å². The van der Waals surface area contributed by atoms with Crippen LogP contribution in [-0.2, 0) is 4.74 Å². The molecule has 104 valence electrons. The number of halogens is 1. The summed E-state index contributed by atoms with van der Waals surface area (Å²) >= 11 is 5.83. The van der Waals surface area contributed by atoms with Crippen LogP contribution in [0.5, 0.6) is 0 Å². The van der Waals surface area contributed by atoms with E-state index in [0.29, 0.717) is 28.6 Å². The summed E-state index contributed by atoms with van der Waals surface area (Å²) in [5.41, 5.74) is 8.20. The number of ether oxygens (including phenoxy) is 1. The second-order valence-electron chi connectivity index (χ2n) is 4.12. The van der Waals surface area contributed by atoms with Crippen molar-refractivity contribution in [3.05, 3.63) is 53.1 Å². The molecule has 0 radical (unpaired) electrons. The van der Waals surface area contributed by atoms with Gasteiger partial charge in [-0.2, -0.15) is 0 Å². The molecule has 0 saturated heterocycles. The van der Waals surface area contributed by atoms with Gasteiger partial charge in [0.15, 0.2) is 0 Å². The molecule has 2 aromatic rings. The maximum atomic E-state index is 11.8. The number of para-hydroxylation sites is 1. The Morgan fingerprint density at radius 1 is 1.25 bits per heavy atom. The molecule has 0 heterocycles. The van der Waals surface area contributed by atoms with E-state index in [0.717, 1.165) is 5.69 Å². The van der Waals surface area contributed by atoms with Crippen molar-refractivity contribution in [2.24, 2.45) is 0 Å². The smallest absolute Gasteiger partial charge is 0.340 e. The van der Waals surface area contributed by atoms with Gasteiger partial charge < -0.3 is 15.8 Å². The maximum Gasteiger partial charge on any atom is 0.340 e. The van der Waals surface area contributed by atoms with Crippen molar-refractivity contribution in [3.63, 3.8) is 0 Å². The van der Waals surface area contributed by atoms with Crippen molar-refractivity contribution in [2.45, 2.75) is 6.92 Å². The molecule has 0 atom stereocenters. The molecular weight excluding hydrogens is 276 g/mol. The van der Waals surface area contributed by atoms with Crippen molar-refractivity contribution in [3.8, 4) is 0 Å². The molecule has 20 heavy (non-hydrogen) atoms. The van der Waals surface area contributed by atoms with E-state index in [-0.39, 0.29) is 0 Å². The first-order valence-electron chi connectivity index (χ1n) is 6.20. The Balaban J connectivity index is 2.26. The monoisotopic (exact) mass is 290 g/mol. The predicted octanol–water partition coefficient (Wildman–Crippen LogP) is 3.84. The molecule has 0 aromatic heterocycles. The third-order valence-corrected chi connectivity index (χ3v) is 2.98. The molecule has 0 fully saturated rings. The quantitative estimate of drug-likeness (QED) is 0.663. The second-order valence-corrected chi connectivity index (χ2v) is 4.56. The first kappa shape index (κ1) is 14.2. The van der Waals surface area contributed by atoms with Crippen molar-refractivity contribution in [1.29, 1.82) is 0 Å². The number of carbonyl (C=O) groups excluding carboxylic acids is 1. The van der Waals surface area contributed by atoms with Crippen LogP contribution in [0.3, 0.4) is 0 Å². The van der Waals surface area contributed by atoms with E-state index in [2.05, 4.69) is 5.32 Å². The van der Waals surface area contributed by atoms with Gasteiger partial charge in [0.2, 0.25) is 0 Å². The van der Waals surface area contributed by atoms with E-state index in [9.17, 15) is 4.79 Å². The number of hydrogen-bond acceptors (Lipinski definition) is 4. The Hall–Kier alpha value is -2.20. The molecule has 0 saturated carbocycles. The van der Waals surface area contributed by atoms with Crippen LogP contribution in [-0.4, -0.2) is 12.6 Å². The molecule has 0 aliphatic heterocycles. The Kier molecular flexibility index (Phi) is 4.48. The second kappa shape index (κ2) is 6.30. The highest BCUT2D eigenvalue weighted by Crippen LogP contribution is 2.27. The Morgan fingerprint density at radius 3 is 2.60 bits per heavy atom. The number of nitrogens with two attached hydrogens (primary N) is 1. The van der Waals surface area contributed by atoms with Gasteiger partial charge >= 0.3 is 5.97 Å². The van der Waals surface area contributed by atoms with E-state index in [1.807, 2.05) is 12.1 Å². The summed E-state index contributed by atoms with van der Waals surface area (Å²) in [4.78, 5) is 11.8. The lowest BCUT2D eigenvalue weighted by molar-refractivity contribution is 0.0527. The van der Waals surface area contributed by atoms with Gasteiger partial charge in [-0.05, 0) is 43.3 Å². The van der Waals surface area contributed by atoms with E-state index in [1.54, 1.807) is 37.3 Å². The fourth-order valence-corrected chi connectivity index (χ4v) is 1.88. The highest BCUT2D eigenvalue weighted by molar-refractivity contribution is 6.30. The lowest BCUT2D eigenvalue weighted by Crippen LogP contribution is -2.09. The number of benzene rings is 2. The van der Waals surface area contributed by atoms with Crippen LogP contribution in [0.25, 0.3) is 0 Å². The Bertz CT molecular complexity index is 612. The van der Waals surface area contributed by atoms with Crippen LogP contribution in [0, 0.1) is 0 Å². The van der Waals surface area contributed by atoms with Gasteiger partial charge in [0.05, 0.1) is 23.5 Å². The number of nitrogens with one attached hydrogen (secondary N) is 1. The lowest BCUT2D eigenvalue weighted by Gasteiger charge is -2.12. The largest absolute Gasteiger partial charge is 0.462 e. The van der Waals surface area contributed by atoms with Gasteiger partial charge in [-0.1, -0.05) is 17.7 Å². The summed E-state index contributed by atoms with van der Waals surface area (Å²) in [6, 6.07) is 12.4. The minimum atomic E-state index is -0.426. The summed E-state index contributed by atoms with van der Waals surface area (Å²) < 4.78 is 4.97. The molecule has 0 bridgehead atoms. The molecule has 4 nitrogen and oxygen atoms in total. The van der Waals surface area contributed by atoms with Crippen LogP contribution in [0.15, 0.2) is 42.5 Å². The van der Waals surface area contributed by atoms with Gasteiger partial charge in [0, 0.05) is 10.7 Å².